The van der Waals surface area contributed by atoms with Crippen LogP contribution in [0, 0.1) is 0 Å². The van der Waals surface area contributed by atoms with Crippen LogP contribution in [-0.2, 0) is 0 Å². The number of hydrogen-bond acceptors (Lipinski definition) is 5. The molecule has 4 nitrogen and oxygen atoms in total. The molecule has 20 heavy (non-hydrogen) atoms. The van der Waals surface area contributed by atoms with E-state index in [1.807, 2.05) is 37.4 Å². The zero-order valence-electron chi connectivity index (χ0n) is 11.1. The van der Waals surface area contributed by atoms with Gasteiger partial charge >= 0.3 is 0 Å². The Bertz CT molecular complexity index is 609. The van der Waals surface area contributed by atoms with Gasteiger partial charge in [0.05, 0.1) is 5.02 Å². The smallest absolute Gasteiger partial charge is 0.191 e. The minimum Gasteiger partial charge on any atom is -0.370 e. The lowest BCUT2D eigenvalue weighted by Gasteiger charge is -2.10. The SMILES string of the molecule is CCNc1cc(Nc2ccc(Cl)c(Br)c2)nc(SC)n1. The fraction of sp³-hybridized carbons (Fsp3) is 0.231. The Morgan fingerprint density at radius 3 is 2.65 bits per heavy atom. The monoisotopic (exact) mass is 372 g/mol. The van der Waals surface area contributed by atoms with Gasteiger partial charge in [0, 0.05) is 22.8 Å². The molecule has 2 aromatic rings. The van der Waals surface area contributed by atoms with E-state index in [2.05, 4.69) is 36.5 Å². The highest BCUT2D eigenvalue weighted by atomic mass is 79.9. The quantitative estimate of drug-likeness (QED) is 0.583. The van der Waals surface area contributed by atoms with Crippen molar-refractivity contribution >= 4 is 56.6 Å². The number of aromatic nitrogens is 2. The van der Waals surface area contributed by atoms with Gasteiger partial charge in [0.25, 0.3) is 0 Å². The molecule has 0 aliphatic rings. The molecule has 1 heterocycles. The number of halogens is 2. The summed E-state index contributed by atoms with van der Waals surface area (Å²) < 4.78 is 0.843. The first-order valence-electron chi connectivity index (χ1n) is 6.01. The summed E-state index contributed by atoms with van der Waals surface area (Å²) in [7, 11) is 0. The summed E-state index contributed by atoms with van der Waals surface area (Å²) in [5.74, 6) is 1.55. The molecule has 0 bridgehead atoms. The second-order valence-electron chi connectivity index (χ2n) is 3.91. The first kappa shape index (κ1) is 15.4. The van der Waals surface area contributed by atoms with Crippen LogP contribution < -0.4 is 10.6 Å². The van der Waals surface area contributed by atoms with Crippen molar-refractivity contribution < 1.29 is 0 Å². The summed E-state index contributed by atoms with van der Waals surface area (Å²) in [6, 6.07) is 7.53. The van der Waals surface area contributed by atoms with Crippen molar-refractivity contribution in [3.8, 4) is 0 Å². The fourth-order valence-corrected chi connectivity index (χ4v) is 2.45. The van der Waals surface area contributed by atoms with Gasteiger partial charge in [-0.25, -0.2) is 9.97 Å². The Morgan fingerprint density at radius 2 is 2.00 bits per heavy atom. The number of nitrogens with zero attached hydrogens (tertiary/aromatic N) is 2. The molecule has 0 saturated carbocycles. The van der Waals surface area contributed by atoms with Crippen LogP contribution in [0.3, 0.4) is 0 Å². The Balaban J connectivity index is 2.27. The zero-order chi connectivity index (χ0) is 14.5. The molecule has 0 saturated heterocycles. The van der Waals surface area contributed by atoms with E-state index in [1.165, 1.54) is 11.8 Å². The minimum absolute atomic E-state index is 0.677. The average Bonchev–Trinajstić information content (AvgIpc) is 2.43. The molecule has 0 amide bonds. The topological polar surface area (TPSA) is 49.8 Å². The van der Waals surface area contributed by atoms with Gasteiger partial charge in [-0.2, -0.15) is 0 Å². The van der Waals surface area contributed by atoms with Gasteiger partial charge in [-0.05, 0) is 47.3 Å². The summed E-state index contributed by atoms with van der Waals surface area (Å²) in [5.41, 5.74) is 0.912. The molecule has 0 aliphatic carbocycles. The molecule has 7 heteroatoms. The first-order valence-corrected chi connectivity index (χ1v) is 8.41. The highest BCUT2D eigenvalue weighted by molar-refractivity contribution is 9.10. The predicted octanol–water partition coefficient (Wildman–Crippen LogP) is 4.79. The number of anilines is 3. The third-order valence-corrected chi connectivity index (χ3v) is 4.20. The van der Waals surface area contributed by atoms with Crippen LogP contribution in [0.2, 0.25) is 5.02 Å². The van der Waals surface area contributed by atoms with Crippen molar-refractivity contribution in [1.82, 2.24) is 9.97 Å². The van der Waals surface area contributed by atoms with Crippen molar-refractivity contribution in [2.45, 2.75) is 12.1 Å². The van der Waals surface area contributed by atoms with Gasteiger partial charge in [-0.15, -0.1) is 0 Å². The lowest BCUT2D eigenvalue weighted by Crippen LogP contribution is -2.03. The molecule has 0 atom stereocenters. The molecular formula is C13H14BrClN4S. The third kappa shape index (κ3) is 4.01. The van der Waals surface area contributed by atoms with E-state index in [9.17, 15) is 0 Å². The Hall–Kier alpha value is -0.980. The number of hydrogen-bond donors (Lipinski definition) is 2. The maximum atomic E-state index is 5.98. The van der Waals surface area contributed by atoms with Crippen molar-refractivity contribution in [3.63, 3.8) is 0 Å². The van der Waals surface area contributed by atoms with E-state index >= 15 is 0 Å². The third-order valence-electron chi connectivity index (χ3n) is 2.44. The number of benzene rings is 1. The van der Waals surface area contributed by atoms with Crippen molar-refractivity contribution in [2.24, 2.45) is 0 Å². The standard InChI is InChI=1S/C13H14BrClN4S/c1-3-16-11-7-12(19-13(18-11)20-2)17-8-4-5-10(15)9(14)6-8/h4-7H,3H2,1-2H3,(H2,16,17,18,19). The second kappa shape index (κ2) is 7.15. The summed E-state index contributed by atoms with van der Waals surface area (Å²) >= 11 is 10.9. The normalized spacial score (nSPS) is 10.4. The van der Waals surface area contributed by atoms with Crippen LogP contribution in [0.4, 0.5) is 17.3 Å². The van der Waals surface area contributed by atoms with E-state index in [-0.39, 0.29) is 0 Å². The Labute approximate surface area is 135 Å². The van der Waals surface area contributed by atoms with Crippen molar-refractivity contribution in [1.29, 1.82) is 0 Å². The number of nitrogens with one attached hydrogen (secondary N) is 2. The molecule has 2 rings (SSSR count). The molecule has 0 fully saturated rings. The fourth-order valence-electron chi connectivity index (χ4n) is 1.57. The van der Waals surface area contributed by atoms with Gasteiger partial charge < -0.3 is 10.6 Å². The minimum atomic E-state index is 0.677. The summed E-state index contributed by atoms with van der Waals surface area (Å²) in [6.45, 7) is 2.85. The molecule has 1 aromatic heterocycles. The first-order chi connectivity index (χ1) is 9.62. The zero-order valence-corrected chi connectivity index (χ0v) is 14.2. The number of thioether (sulfide) groups is 1. The highest BCUT2D eigenvalue weighted by Crippen LogP contribution is 2.27. The van der Waals surface area contributed by atoms with Crippen LogP contribution in [-0.4, -0.2) is 22.8 Å². The summed E-state index contributed by atoms with van der Waals surface area (Å²) in [5, 5.41) is 7.84. The summed E-state index contributed by atoms with van der Waals surface area (Å²) in [6.07, 6.45) is 1.95. The molecule has 2 N–H and O–H groups in total. The highest BCUT2D eigenvalue weighted by Gasteiger charge is 2.05. The van der Waals surface area contributed by atoms with E-state index in [0.717, 1.165) is 33.5 Å². The van der Waals surface area contributed by atoms with E-state index in [1.54, 1.807) is 0 Å². The van der Waals surface area contributed by atoms with Crippen LogP contribution in [0.5, 0.6) is 0 Å². The molecule has 0 aliphatic heterocycles. The van der Waals surface area contributed by atoms with Gasteiger partial charge in [0.1, 0.15) is 11.6 Å². The average molecular weight is 374 g/mol. The van der Waals surface area contributed by atoms with Gasteiger partial charge in [-0.1, -0.05) is 23.4 Å². The number of rotatable bonds is 5. The van der Waals surface area contributed by atoms with E-state index < -0.39 is 0 Å². The van der Waals surface area contributed by atoms with Crippen LogP contribution in [0.15, 0.2) is 33.9 Å². The molecule has 1 aromatic carbocycles. The molecule has 0 spiro atoms. The predicted molar refractivity (Wildman–Crippen MR) is 90.4 cm³/mol. The van der Waals surface area contributed by atoms with E-state index in [4.69, 9.17) is 11.6 Å². The lowest BCUT2D eigenvalue weighted by atomic mass is 10.3. The van der Waals surface area contributed by atoms with E-state index in [0.29, 0.717) is 5.02 Å². The maximum absolute atomic E-state index is 5.98. The van der Waals surface area contributed by atoms with Gasteiger partial charge in [-0.3, -0.25) is 0 Å². The van der Waals surface area contributed by atoms with Crippen molar-refractivity contribution in [3.05, 3.63) is 33.8 Å². The van der Waals surface area contributed by atoms with Crippen LogP contribution >= 0.6 is 39.3 Å². The Morgan fingerprint density at radius 1 is 1.25 bits per heavy atom. The van der Waals surface area contributed by atoms with Gasteiger partial charge in [0.2, 0.25) is 0 Å². The van der Waals surface area contributed by atoms with Gasteiger partial charge in [0.15, 0.2) is 5.16 Å². The van der Waals surface area contributed by atoms with Crippen molar-refractivity contribution in [2.75, 3.05) is 23.4 Å². The largest absolute Gasteiger partial charge is 0.370 e. The Kier molecular flexibility index (Phi) is 5.51. The molecule has 106 valence electrons. The van der Waals surface area contributed by atoms with Crippen LogP contribution in [0.25, 0.3) is 0 Å². The second-order valence-corrected chi connectivity index (χ2v) is 5.94. The molecular weight excluding hydrogens is 360 g/mol. The summed E-state index contributed by atoms with van der Waals surface area (Å²) in [4.78, 5) is 8.82. The molecule has 0 radical (unpaired) electrons. The van der Waals surface area contributed by atoms with Crippen LogP contribution in [0.1, 0.15) is 6.92 Å². The maximum Gasteiger partial charge on any atom is 0.191 e. The molecule has 0 unspecified atom stereocenters. The lowest BCUT2D eigenvalue weighted by molar-refractivity contribution is 0.967.